The van der Waals surface area contributed by atoms with Crippen molar-refractivity contribution in [3.05, 3.63) is 0 Å². The van der Waals surface area contributed by atoms with E-state index in [1.165, 1.54) is 0 Å². The summed E-state index contributed by atoms with van der Waals surface area (Å²) in [5, 5.41) is -0.443. The number of nitrogens with zero attached hydrogens (tertiary/aromatic N) is 1. The van der Waals surface area contributed by atoms with Gasteiger partial charge in [-0.1, -0.05) is 12.2 Å². The zero-order chi connectivity index (χ0) is 8.85. The summed E-state index contributed by atoms with van der Waals surface area (Å²) in [4.78, 5) is 12.3. The summed E-state index contributed by atoms with van der Waals surface area (Å²) < 4.78 is 0.558. The molecule has 0 spiro atoms. The summed E-state index contributed by atoms with van der Waals surface area (Å²) in [5.41, 5.74) is 4.95. The molecule has 0 radical (unpaired) electrons. The third-order valence-electron chi connectivity index (χ3n) is 1.21. The Hall–Kier alpha value is 0.590. The van der Waals surface area contributed by atoms with Crippen LogP contribution in [0.4, 0.5) is 4.79 Å². The van der Waals surface area contributed by atoms with Gasteiger partial charge in [0.1, 0.15) is 4.32 Å². The predicted molar refractivity (Wildman–Crippen MR) is 70.7 cm³/mol. The van der Waals surface area contributed by atoms with Crippen LogP contribution in [0.15, 0.2) is 0 Å². The van der Waals surface area contributed by atoms with Gasteiger partial charge < -0.3 is 27.1 Å². The molecule has 0 atom stereocenters. The van der Waals surface area contributed by atoms with Crippen LogP contribution in [0, 0.1) is 0 Å². The first-order valence-corrected chi connectivity index (χ1v) is 4.60. The number of carbonyl (C=O) groups excluding carboxylic acids is 1. The molecule has 15 heavy (non-hydrogen) atoms. The molecule has 0 aliphatic carbocycles. The molecule has 0 aromatic carbocycles. The molecule has 0 rings (SSSR count). The summed E-state index contributed by atoms with van der Waals surface area (Å²) in [7, 11) is 0. The average molecular weight is 270 g/mol. The van der Waals surface area contributed by atoms with Crippen molar-refractivity contribution in [3.8, 4) is 0 Å². The van der Waals surface area contributed by atoms with Crippen molar-refractivity contribution in [1.29, 1.82) is 0 Å². The van der Waals surface area contributed by atoms with Gasteiger partial charge in [-0.25, -0.2) is 0 Å². The Kier molecular flexibility index (Phi) is 33.5. The fraction of sp³-hybridized carbons (Fsp3) is 0.667. The second kappa shape index (κ2) is 17.0. The van der Waals surface area contributed by atoms with Crippen LogP contribution in [0.1, 0.15) is 13.8 Å². The van der Waals surface area contributed by atoms with Gasteiger partial charge in [-0.3, -0.25) is 4.79 Å². The van der Waals surface area contributed by atoms with E-state index in [-0.39, 0.29) is 46.0 Å². The molecule has 0 aromatic rings. The van der Waals surface area contributed by atoms with Gasteiger partial charge in [0.2, 0.25) is 0 Å². The number of thiocarbonyl (C=S) groups is 1. The van der Waals surface area contributed by atoms with E-state index in [1.54, 1.807) is 0 Å². The fourth-order valence-electron chi connectivity index (χ4n) is 0.632. The number of hydrogen-bond acceptors (Lipinski definition) is 3. The van der Waals surface area contributed by atoms with Gasteiger partial charge in [-0.2, -0.15) is 0 Å². The van der Waals surface area contributed by atoms with Gasteiger partial charge in [-0.05, 0) is 13.8 Å². The predicted octanol–water partition coefficient (Wildman–Crippen LogP) is -1.70. The van der Waals surface area contributed by atoms with E-state index >= 15 is 0 Å². The normalized spacial score (nSPS) is 6.80. The number of amides is 1. The molecule has 0 aliphatic rings. The summed E-state index contributed by atoms with van der Waals surface area (Å²) >= 11 is 5.85. The molecule has 0 unspecified atom stereocenters. The molecular weight excluding hydrogens is 251 g/mol. The Bertz CT molecular complexity index is 169. The van der Waals surface area contributed by atoms with Gasteiger partial charge in [0.25, 0.3) is 5.24 Å². The van der Waals surface area contributed by atoms with Crippen LogP contribution in [-0.2, 0) is 0 Å². The standard InChI is InChI=1S/C6H12N2OS2.Na.3H2O.H/c1-3-8(4-2)6(10)11-5(7)9;;;;;/h3-4H2,1-2H3,(H2,7,9);;3*1H2;. The molecule has 8 N–H and O–H groups in total. The van der Waals surface area contributed by atoms with E-state index in [4.69, 9.17) is 18.0 Å². The topological polar surface area (TPSA) is 141 Å². The molecule has 90 valence electrons. The summed E-state index contributed by atoms with van der Waals surface area (Å²) in [6.45, 7) is 5.60. The summed E-state index contributed by atoms with van der Waals surface area (Å²) in [6, 6.07) is 0. The number of hydrogen-bond donors (Lipinski definition) is 1. The third-order valence-corrected chi connectivity index (χ3v) is 2.35. The second-order valence-electron chi connectivity index (χ2n) is 1.86. The zero-order valence-electron chi connectivity index (χ0n) is 8.16. The first kappa shape index (κ1) is 29.6. The molecule has 1 amide bonds. The van der Waals surface area contributed by atoms with Gasteiger partial charge in [-0.15, -0.1) is 0 Å². The summed E-state index contributed by atoms with van der Waals surface area (Å²) in [6.07, 6.45) is 0. The van der Waals surface area contributed by atoms with Crippen LogP contribution >= 0.6 is 24.0 Å². The Morgan fingerprint density at radius 2 is 1.60 bits per heavy atom. The minimum atomic E-state index is -0.443. The number of rotatable bonds is 2. The quantitative estimate of drug-likeness (QED) is 0.471. The molecule has 0 fully saturated rings. The van der Waals surface area contributed by atoms with Crippen LogP contribution in [-0.4, -0.2) is 73.5 Å². The molecule has 0 saturated carbocycles. The van der Waals surface area contributed by atoms with Crippen LogP contribution in [0.3, 0.4) is 0 Å². The van der Waals surface area contributed by atoms with Crippen molar-refractivity contribution in [2.24, 2.45) is 5.73 Å². The Balaban J connectivity index is -0.0000000833. The van der Waals surface area contributed by atoms with Crippen molar-refractivity contribution in [1.82, 2.24) is 4.90 Å². The maximum atomic E-state index is 10.4. The van der Waals surface area contributed by atoms with Crippen molar-refractivity contribution < 1.29 is 21.2 Å². The second-order valence-corrected chi connectivity index (χ2v) is 3.50. The van der Waals surface area contributed by atoms with Crippen molar-refractivity contribution in [2.45, 2.75) is 13.8 Å². The number of nitrogens with two attached hydrogens (primary N) is 1. The van der Waals surface area contributed by atoms with Crippen LogP contribution < -0.4 is 5.73 Å². The number of primary amides is 1. The summed E-state index contributed by atoms with van der Waals surface area (Å²) in [5.74, 6) is 0. The average Bonchev–Trinajstić information content (AvgIpc) is 1.88. The van der Waals surface area contributed by atoms with Crippen LogP contribution in [0.5, 0.6) is 0 Å². The molecule has 0 heterocycles. The van der Waals surface area contributed by atoms with Crippen LogP contribution in [0.2, 0.25) is 0 Å². The van der Waals surface area contributed by atoms with Crippen LogP contribution in [0.25, 0.3) is 0 Å². The molecule has 0 aromatic heterocycles. The first-order valence-electron chi connectivity index (χ1n) is 3.38. The van der Waals surface area contributed by atoms with Gasteiger partial charge in [0.15, 0.2) is 0 Å². The number of thioether (sulfide) groups is 1. The SMILES string of the molecule is CCN(CC)C(=S)SC(N)=O.O.O.O.[NaH]. The Morgan fingerprint density at radius 3 is 1.80 bits per heavy atom. The monoisotopic (exact) mass is 270 g/mol. The molecule has 0 bridgehead atoms. The Morgan fingerprint density at radius 1 is 1.27 bits per heavy atom. The van der Waals surface area contributed by atoms with Gasteiger partial charge in [0.05, 0.1) is 0 Å². The zero-order valence-corrected chi connectivity index (χ0v) is 9.80. The van der Waals surface area contributed by atoms with E-state index in [0.29, 0.717) is 4.32 Å². The van der Waals surface area contributed by atoms with Gasteiger partial charge >= 0.3 is 29.6 Å². The van der Waals surface area contributed by atoms with E-state index in [1.807, 2.05) is 18.7 Å². The van der Waals surface area contributed by atoms with Crippen molar-refractivity contribution in [3.63, 3.8) is 0 Å². The van der Waals surface area contributed by atoms with E-state index in [2.05, 4.69) is 0 Å². The molecular formula is C6H19N2NaO4S2. The molecule has 9 heteroatoms. The van der Waals surface area contributed by atoms with Gasteiger partial charge in [0, 0.05) is 24.9 Å². The van der Waals surface area contributed by atoms with Crippen molar-refractivity contribution >= 4 is 63.1 Å². The molecule has 6 nitrogen and oxygen atoms in total. The van der Waals surface area contributed by atoms with E-state index in [9.17, 15) is 4.79 Å². The van der Waals surface area contributed by atoms with E-state index < -0.39 is 5.24 Å². The first-order chi connectivity index (χ1) is 5.11. The van der Waals surface area contributed by atoms with E-state index in [0.717, 1.165) is 24.9 Å². The molecule has 0 saturated heterocycles. The number of carbonyl (C=O) groups is 1. The van der Waals surface area contributed by atoms with Crippen molar-refractivity contribution in [2.75, 3.05) is 13.1 Å². The minimum absolute atomic E-state index is 0. The maximum absolute atomic E-state index is 10.4. The molecule has 0 aliphatic heterocycles. The fourth-order valence-corrected chi connectivity index (χ4v) is 1.70. The Labute approximate surface area is 121 Å². The third kappa shape index (κ3) is 14.6.